The smallest absolute Gasteiger partial charge is 0.251 e. The topological polar surface area (TPSA) is 78.5 Å². The van der Waals surface area contributed by atoms with Gasteiger partial charge in [0, 0.05) is 12.1 Å². The number of sulfonamides is 1. The first-order valence-corrected chi connectivity index (χ1v) is 10.2. The highest BCUT2D eigenvalue weighted by atomic mass is 32.2. The zero-order valence-electron chi connectivity index (χ0n) is 14.6. The van der Waals surface area contributed by atoms with Crippen molar-refractivity contribution in [2.24, 2.45) is 5.92 Å². The highest BCUT2D eigenvalue weighted by Gasteiger charge is 2.17. The van der Waals surface area contributed by atoms with Crippen molar-refractivity contribution in [1.29, 1.82) is 0 Å². The zero-order valence-corrected chi connectivity index (χ0v) is 15.4. The molecule has 7 heteroatoms. The minimum Gasteiger partial charge on any atom is -0.352 e. The van der Waals surface area contributed by atoms with Crippen LogP contribution in [0.2, 0.25) is 0 Å². The lowest BCUT2D eigenvalue weighted by atomic mass is 9.94. The van der Waals surface area contributed by atoms with Crippen LogP contribution in [0.15, 0.2) is 18.2 Å². The molecular weight excluding hydrogens is 326 g/mol. The van der Waals surface area contributed by atoms with E-state index in [4.69, 9.17) is 0 Å². The molecule has 0 unspecified atom stereocenters. The van der Waals surface area contributed by atoms with Crippen molar-refractivity contribution in [3.05, 3.63) is 29.3 Å². The van der Waals surface area contributed by atoms with Gasteiger partial charge in [-0.3, -0.25) is 9.52 Å². The molecule has 0 aliphatic carbocycles. The molecule has 0 aromatic heterocycles. The Balaban J connectivity index is 1.91. The number of piperidine rings is 1. The molecule has 1 aliphatic heterocycles. The first-order valence-electron chi connectivity index (χ1n) is 8.30. The van der Waals surface area contributed by atoms with Crippen LogP contribution >= 0.6 is 0 Å². The fraction of sp³-hybridized carbons (Fsp3) is 0.588. The Morgan fingerprint density at radius 1 is 1.29 bits per heavy atom. The van der Waals surface area contributed by atoms with Gasteiger partial charge in [0.15, 0.2) is 0 Å². The Bertz CT molecular complexity index is 680. The van der Waals surface area contributed by atoms with Gasteiger partial charge in [0.25, 0.3) is 5.91 Å². The number of likely N-dealkylation sites (tertiary alicyclic amines) is 1. The van der Waals surface area contributed by atoms with Gasteiger partial charge in [-0.1, -0.05) is 6.07 Å². The molecule has 1 aromatic rings. The fourth-order valence-corrected chi connectivity index (χ4v) is 3.65. The maximum absolute atomic E-state index is 12.4. The molecule has 1 saturated heterocycles. The molecule has 1 amide bonds. The molecule has 6 nitrogen and oxygen atoms in total. The summed E-state index contributed by atoms with van der Waals surface area (Å²) in [5.74, 6) is 0.512. The van der Waals surface area contributed by atoms with Gasteiger partial charge in [-0.05, 0) is 69.9 Å². The van der Waals surface area contributed by atoms with E-state index < -0.39 is 10.0 Å². The quantitative estimate of drug-likeness (QED) is 0.818. The van der Waals surface area contributed by atoms with Crippen molar-refractivity contribution in [3.8, 4) is 0 Å². The summed E-state index contributed by atoms with van der Waals surface area (Å²) in [7, 11) is -1.23. The largest absolute Gasteiger partial charge is 0.352 e. The second-order valence-corrected chi connectivity index (χ2v) is 8.39. The molecule has 1 aliphatic rings. The molecule has 0 spiro atoms. The van der Waals surface area contributed by atoms with Gasteiger partial charge < -0.3 is 10.2 Å². The van der Waals surface area contributed by atoms with E-state index in [1.165, 1.54) is 12.8 Å². The molecule has 24 heavy (non-hydrogen) atoms. The van der Waals surface area contributed by atoms with Gasteiger partial charge in [0.05, 0.1) is 11.9 Å². The van der Waals surface area contributed by atoms with Gasteiger partial charge in [0.1, 0.15) is 0 Å². The number of nitrogens with one attached hydrogen (secondary N) is 2. The van der Waals surface area contributed by atoms with Crippen LogP contribution < -0.4 is 10.0 Å². The number of amides is 1. The Labute approximate surface area is 144 Å². The van der Waals surface area contributed by atoms with Crippen molar-refractivity contribution >= 4 is 21.6 Å². The molecular formula is C17H27N3O3S. The van der Waals surface area contributed by atoms with Crippen molar-refractivity contribution in [2.75, 3.05) is 37.7 Å². The van der Waals surface area contributed by atoms with Crippen molar-refractivity contribution in [3.63, 3.8) is 0 Å². The number of carbonyl (C=O) groups is 1. The van der Waals surface area contributed by atoms with Crippen molar-refractivity contribution < 1.29 is 13.2 Å². The number of benzene rings is 1. The second kappa shape index (κ2) is 7.98. The van der Waals surface area contributed by atoms with Crippen LogP contribution in [0.3, 0.4) is 0 Å². The average Bonchev–Trinajstić information content (AvgIpc) is 2.50. The molecule has 1 heterocycles. The van der Waals surface area contributed by atoms with E-state index in [1.54, 1.807) is 25.1 Å². The van der Waals surface area contributed by atoms with E-state index in [0.717, 1.165) is 25.8 Å². The Hall–Kier alpha value is -1.60. The van der Waals surface area contributed by atoms with E-state index in [9.17, 15) is 13.2 Å². The highest BCUT2D eigenvalue weighted by molar-refractivity contribution is 7.92. The van der Waals surface area contributed by atoms with Gasteiger partial charge in [-0.15, -0.1) is 0 Å². The van der Waals surface area contributed by atoms with Gasteiger partial charge in [-0.2, -0.15) is 0 Å². The summed E-state index contributed by atoms with van der Waals surface area (Å²) in [5.41, 5.74) is 1.59. The molecule has 1 aromatic carbocycles. The minimum absolute atomic E-state index is 0.155. The summed E-state index contributed by atoms with van der Waals surface area (Å²) >= 11 is 0. The predicted molar refractivity (Wildman–Crippen MR) is 96.8 cm³/mol. The number of nitrogens with zero attached hydrogens (tertiary/aromatic N) is 1. The summed E-state index contributed by atoms with van der Waals surface area (Å²) in [6.45, 7) is 4.64. The summed E-state index contributed by atoms with van der Waals surface area (Å²) < 4.78 is 25.2. The summed E-state index contributed by atoms with van der Waals surface area (Å²) in [6.07, 6.45) is 4.44. The molecule has 0 bridgehead atoms. The van der Waals surface area contributed by atoms with E-state index in [2.05, 4.69) is 22.0 Å². The van der Waals surface area contributed by atoms with Gasteiger partial charge >= 0.3 is 0 Å². The molecule has 2 N–H and O–H groups in total. The van der Waals surface area contributed by atoms with Gasteiger partial charge in [-0.25, -0.2) is 8.42 Å². The third-order valence-corrected chi connectivity index (χ3v) is 5.14. The maximum Gasteiger partial charge on any atom is 0.251 e. The Morgan fingerprint density at radius 2 is 1.96 bits per heavy atom. The van der Waals surface area contributed by atoms with Crippen LogP contribution in [0.5, 0.6) is 0 Å². The second-order valence-electron chi connectivity index (χ2n) is 6.64. The molecule has 0 saturated carbocycles. The van der Waals surface area contributed by atoms with Crippen molar-refractivity contribution in [1.82, 2.24) is 10.2 Å². The standard InChI is InChI=1S/C17H27N3O3S/c1-13-15(5-4-6-16(13)19-24(3,22)23)17(21)18-10-7-14-8-11-20(2)12-9-14/h4-6,14,19H,7-12H2,1-3H3,(H,18,21). The SMILES string of the molecule is Cc1c(NS(C)(=O)=O)cccc1C(=O)NCCC1CCN(C)CC1. The third kappa shape index (κ3) is 5.49. The fourth-order valence-electron chi connectivity index (χ4n) is 3.03. The van der Waals surface area contributed by atoms with Crippen LogP contribution in [0.1, 0.15) is 35.2 Å². The molecule has 1 fully saturated rings. The molecule has 2 rings (SSSR count). The Kier molecular flexibility index (Phi) is 6.23. The van der Waals surface area contributed by atoms with Crippen LogP contribution in [-0.2, 0) is 10.0 Å². The average molecular weight is 353 g/mol. The lowest BCUT2D eigenvalue weighted by Gasteiger charge is -2.28. The summed E-state index contributed by atoms with van der Waals surface area (Å²) in [5, 5.41) is 2.96. The number of carbonyl (C=O) groups excluding carboxylic acids is 1. The molecule has 0 radical (unpaired) electrons. The Morgan fingerprint density at radius 3 is 2.58 bits per heavy atom. The predicted octanol–water partition coefficient (Wildman–Crippen LogP) is 1.83. The minimum atomic E-state index is -3.36. The van der Waals surface area contributed by atoms with E-state index >= 15 is 0 Å². The molecule has 0 atom stereocenters. The van der Waals surface area contributed by atoms with Gasteiger partial charge in [0.2, 0.25) is 10.0 Å². The molecule has 134 valence electrons. The number of rotatable bonds is 6. The third-order valence-electron chi connectivity index (χ3n) is 4.55. The van der Waals surface area contributed by atoms with E-state index in [-0.39, 0.29) is 5.91 Å². The summed E-state index contributed by atoms with van der Waals surface area (Å²) in [6, 6.07) is 5.06. The number of hydrogen-bond donors (Lipinski definition) is 2. The monoisotopic (exact) mass is 353 g/mol. The van der Waals surface area contributed by atoms with Crippen molar-refractivity contribution in [2.45, 2.75) is 26.2 Å². The van der Waals surface area contributed by atoms with E-state index in [1.807, 2.05) is 0 Å². The first-order chi connectivity index (χ1) is 11.3. The highest BCUT2D eigenvalue weighted by Crippen LogP contribution is 2.21. The first kappa shape index (κ1) is 18.7. The number of anilines is 1. The lowest BCUT2D eigenvalue weighted by molar-refractivity contribution is 0.0948. The normalized spacial score (nSPS) is 16.8. The number of hydrogen-bond acceptors (Lipinski definition) is 4. The van der Waals surface area contributed by atoms with Crippen LogP contribution in [0.25, 0.3) is 0 Å². The van der Waals surface area contributed by atoms with Crippen LogP contribution in [0, 0.1) is 12.8 Å². The lowest BCUT2D eigenvalue weighted by Crippen LogP contribution is -2.33. The van der Waals surface area contributed by atoms with E-state index in [0.29, 0.717) is 29.3 Å². The van der Waals surface area contributed by atoms with Crippen LogP contribution in [-0.4, -0.2) is 52.2 Å². The van der Waals surface area contributed by atoms with Crippen LogP contribution in [0.4, 0.5) is 5.69 Å². The summed E-state index contributed by atoms with van der Waals surface area (Å²) in [4.78, 5) is 14.7. The zero-order chi connectivity index (χ0) is 17.7. The maximum atomic E-state index is 12.4.